The van der Waals surface area contributed by atoms with Crippen molar-refractivity contribution >= 4 is 11.4 Å². The molecule has 0 amide bonds. The van der Waals surface area contributed by atoms with Crippen molar-refractivity contribution < 1.29 is 13.7 Å². The van der Waals surface area contributed by atoms with Crippen LogP contribution in [0.5, 0.6) is 0 Å². The van der Waals surface area contributed by atoms with Gasteiger partial charge in [-0.1, -0.05) is 18.2 Å². The molecule has 0 aliphatic rings. The van der Waals surface area contributed by atoms with Crippen LogP contribution in [0.1, 0.15) is 11.1 Å². The SMILES string of the molecule is Cc1c(CNc2c(F)cccc2F)cccc1[N+](=O)[O-]. The smallest absolute Gasteiger partial charge is 0.272 e. The van der Waals surface area contributed by atoms with Crippen molar-refractivity contribution in [2.45, 2.75) is 13.5 Å². The fourth-order valence-corrected chi connectivity index (χ4v) is 1.91. The minimum Gasteiger partial charge on any atom is -0.376 e. The summed E-state index contributed by atoms with van der Waals surface area (Å²) in [6.07, 6.45) is 0. The van der Waals surface area contributed by atoms with E-state index in [9.17, 15) is 18.9 Å². The zero-order valence-corrected chi connectivity index (χ0v) is 10.7. The molecule has 0 radical (unpaired) electrons. The molecule has 2 rings (SSSR count). The minimum absolute atomic E-state index is 0.0155. The average molecular weight is 278 g/mol. The first kappa shape index (κ1) is 13.9. The Morgan fingerprint density at radius 1 is 1.15 bits per heavy atom. The highest BCUT2D eigenvalue weighted by atomic mass is 19.1. The van der Waals surface area contributed by atoms with E-state index in [1.807, 2.05) is 0 Å². The van der Waals surface area contributed by atoms with Gasteiger partial charge in [-0.2, -0.15) is 0 Å². The first-order chi connectivity index (χ1) is 9.50. The van der Waals surface area contributed by atoms with Crippen LogP contribution in [0, 0.1) is 28.7 Å². The van der Waals surface area contributed by atoms with Crippen molar-refractivity contribution in [1.29, 1.82) is 0 Å². The van der Waals surface area contributed by atoms with Gasteiger partial charge >= 0.3 is 0 Å². The summed E-state index contributed by atoms with van der Waals surface area (Å²) in [6, 6.07) is 8.17. The van der Waals surface area contributed by atoms with Gasteiger partial charge in [0.25, 0.3) is 5.69 Å². The van der Waals surface area contributed by atoms with E-state index >= 15 is 0 Å². The molecule has 2 aromatic rings. The minimum atomic E-state index is -0.701. The van der Waals surface area contributed by atoms with E-state index in [-0.39, 0.29) is 17.9 Å². The van der Waals surface area contributed by atoms with Gasteiger partial charge in [0, 0.05) is 18.2 Å². The third-order valence-corrected chi connectivity index (χ3v) is 3.03. The number of hydrogen-bond acceptors (Lipinski definition) is 3. The van der Waals surface area contributed by atoms with Crippen LogP contribution in [0.15, 0.2) is 36.4 Å². The number of halogens is 2. The number of nitrogens with one attached hydrogen (secondary N) is 1. The summed E-state index contributed by atoms with van der Waals surface area (Å²) >= 11 is 0. The Kier molecular flexibility index (Phi) is 3.93. The van der Waals surface area contributed by atoms with Gasteiger partial charge in [-0.25, -0.2) is 8.78 Å². The van der Waals surface area contributed by atoms with E-state index in [2.05, 4.69) is 5.32 Å². The standard InChI is InChI=1S/C14H12F2N2O2/c1-9-10(4-2-7-13(9)18(19)20)8-17-14-11(15)5-3-6-12(14)16/h2-7,17H,8H2,1H3. The molecule has 104 valence electrons. The van der Waals surface area contributed by atoms with E-state index in [1.165, 1.54) is 12.1 Å². The number of nitro groups is 1. The van der Waals surface area contributed by atoms with E-state index in [0.717, 1.165) is 12.1 Å². The summed E-state index contributed by atoms with van der Waals surface area (Å²) in [4.78, 5) is 10.3. The summed E-state index contributed by atoms with van der Waals surface area (Å²) in [7, 11) is 0. The third kappa shape index (κ3) is 2.74. The molecule has 0 bridgehead atoms. The van der Waals surface area contributed by atoms with Gasteiger partial charge in [0.1, 0.15) is 17.3 Å². The maximum absolute atomic E-state index is 13.5. The van der Waals surface area contributed by atoms with Crippen LogP contribution in [0.25, 0.3) is 0 Å². The maximum Gasteiger partial charge on any atom is 0.272 e. The van der Waals surface area contributed by atoms with Gasteiger partial charge in [0.2, 0.25) is 0 Å². The van der Waals surface area contributed by atoms with Crippen molar-refractivity contribution in [2.24, 2.45) is 0 Å². The van der Waals surface area contributed by atoms with Crippen LogP contribution in [0.4, 0.5) is 20.2 Å². The molecule has 0 saturated carbocycles. The van der Waals surface area contributed by atoms with Gasteiger partial charge in [-0.05, 0) is 24.6 Å². The Labute approximate surface area is 114 Å². The van der Waals surface area contributed by atoms with Crippen molar-refractivity contribution in [1.82, 2.24) is 0 Å². The van der Waals surface area contributed by atoms with E-state index in [1.54, 1.807) is 19.1 Å². The third-order valence-electron chi connectivity index (χ3n) is 3.03. The van der Waals surface area contributed by atoms with E-state index in [4.69, 9.17) is 0 Å². The first-order valence-electron chi connectivity index (χ1n) is 5.91. The molecule has 0 heterocycles. The van der Waals surface area contributed by atoms with Crippen LogP contribution in [0.3, 0.4) is 0 Å². The first-order valence-corrected chi connectivity index (χ1v) is 5.91. The molecule has 0 fully saturated rings. The monoisotopic (exact) mass is 278 g/mol. The lowest BCUT2D eigenvalue weighted by Gasteiger charge is -2.10. The Morgan fingerprint density at radius 2 is 1.75 bits per heavy atom. The largest absolute Gasteiger partial charge is 0.376 e. The molecular weight excluding hydrogens is 266 g/mol. The van der Waals surface area contributed by atoms with Gasteiger partial charge in [-0.3, -0.25) is 10.1 Å². The number of rotatable bonds is 4. The highest BCUT2D eigenvalue weighted by Gasteiger charge is 2.14. The number of benzene rings is 2. The molecular formula is C14H12F2N2O2. The zero-order valence-electron chi connectivity index (χ0n) is 10.7. The fourth-order valence-electron chi connectivity index (χ4n) is 1.91. The van der Waals surface area contributed by atoms with Crippen LogP contribution in [0.2, 0.25) is 0 Å². The second kappa shape index (κ2) is 5.64. The van der Waals surface area contributed by atoms with E-state index in [0.29, 0.717) is 11.1 Å². The Hall–Kier alpha value is -2.50. The molecule has 0 aliphatic carbocycles. The molecule has 0 saturated heterocycles. The molecule has 0 spiro atoms. The van der Waals surface area contributed by atoms with Crippen molar-refractivity contribution in [3.05, 3.63) is 69.3 Å². The molecule has 1 N–H and O–H groups in total. The lowest BCUT2D eigenvalue weighted by molar-refractivity contribution is -0.385. The van der Waals surface area contributed by atoms with Gasteiger partial charge in [0.15, 0.2) is 0 Å². The van der Waals surface area contributed by atoms with Crippen molar-refractivity contribution in [3.8, 4) is 0 Å². The number of hydrogen-bond donors (Lipinski definition) is 1. The summed E-state index contributed by atoms with van der Waals surface area (Å²) in [5, 5.41) is 13.5. The Morgan fingerprint density at radius 3 is 2.35 bits per heavy atom. The molecule has 0 aromatic heterocycles. The number of para-hydroxylation sites is 1. The van der Waals surface area contributed by atoms with E-state index < -0.39 is 16.6 Å². The van der Waals surface area contributed by atoms with Gasteiger partial charge in [-0.15, -0.1) is 0 Å². The molecule has 2 aromatic carbocycles. The van der Waals surface area contributed by atoms with Gasteiger partial charge < -0.3 is 5.32 Å². The quantitative estimate of drug-likeness (QED) is 0.683. The summed E-state index contributed by atoms with van der Waals surface area (Å²) in [5.41, 5.74) is 0.834. The highest BCUT2D eigenvalue weighted by molar-refractivity contribution is 5.49. The predicted octanol–water partition coefficient (Wildman–Crippen LogP) is 3.79. The second-order valence-corrected chi connectivity index (χ2v) is 4.27. The molecule has 0 aliphatic heterocycles. The summed E-state index contributed by atoms with van der Waals surface area (Å²) in [6.45, 7) is 1.71. The number of anilines is 1. The maximum atomic E-state index is 13.5. The summed E-state index contributed by atoms with van der Waals surface area (Å²) in [5.74, 6) is -1.40. The van der Waals surface area contributed by atoms with Crippen LogP contribution in [-0.4, -0.2) is 4.92 Å². The average Bonchev–Trinajstić information content (AvgIpc) is 2.39. The van der Waals surface area contributed by atoms with Crippen molar-refractivity contribution in [3.63, 3.8) is 0 Å². The molecule has 4 nitrogen and oxygen atoms in total. The lowest BCUT2D eigenvalue weighted by Crippen LogP contribution is -2.06. The van der Waals surface area contributed by atoms with Crippen LogP contribution < -0.4 is 5.32 Å². The zero-order chi connectivity index (χ0) is 14.7. The van der Waals surface area contributed by atoms with Crippen LogP contribution in [-0.2, 0) is 6.54 Å². The predicted molar refractivity (Wildman–Crippen MR) is 71.5 cm³/mol. The molecule has 6 heteroatoms. The molecule has 20 heavy (non-hydrogen) atoms. The Balaban J connectivity index is 2.24. The number of nitrogens with zero attached hydrogens (tertiary/aromatic N) is 1. The Bertz CT molecular complexity index is 639. The van der Waals surface area contributed by atoms with Gasteiger partial charge in [0.05, 0.1) is 4.92 Å². The fraction of sp³-hybridized carbons (Fsp3) is 0.143. The second-order valence-electron chi connectivity index (χ2n) is 4.27. The highest BCUT2D eigenvalue weighted by Crippen LogP contribution is 2.23. The summed E-state index contributed by atoms with van der Waals surface area (Å²) < 4.78 is 26.9. The van der Waals surface area contributed by atoms with Crippen LogP contribution >= 0.6 is 0 Å². The molecule has 0 atom stereocenters. The molecule has 0 unspecified atom stereocenters. The topological polar surface area (TPSA) is 55.2 Å². The normalized spacial score (nSPS) is 10.3. The lowest BCUT2D eigenvalue weighted by atomic mass is 10.1. The van der Waals surface area contributed by atoms with Crippen molar-refractivity contribution in [2.75, 3.05) is 5.32 Å². The number of nitro benzene ring substituents is 1.